The zero-order valence-electron chi connectivity index (χ0n) is 14.3. The topological polar surface area (TPSA) is 93.3 Å². The molecule has 0 saturated carbocycles. The van der Waals surface area contributed by atoms with Crippen LogP contribution in [0.25, 0.3) is 10.2 Å². The molecule has 0 aliphatic heterocycles. The van der Waals surface area contributed by atoms with Crippen LogP contribution in [0.3, 0.4) is 0 Å². The number of phenols is 1. The third-order valence-electron chi connectivity index (χ3n) is 4.90. The van der Waals surface area contributed by atoms with Crippen LogP contribution in [0.15, 0.2) is 33.9 Å². The second-order valence-corrected chi connectivity index (χ2v) is 7.48. The maximum Gasteiger partial charge on any atom is 0.331 e. The zero-order chi connectivity index (χ0) is 18.6. The fraction of sp³-hybridized carbons (Fsp3) is 0.278. The minimum absolute atomic E-state index is 0.179. The van der Waals surface area contributed by atoms with Gasteiger partial charge in [0.1, 0.15) is 10.6 Å². The number of thiophene rings is 1. The molecular formula is C18H17N3O4S. The van der Waals surface area contributed by atoms with E-state index in [1.54, 1.807) is 19.2 Å². The first-order chi connectivity index (χ1) is 12.4. The Bertz CT molecular complexity index is 1170. The molecule has 7 nitrogen and oxygen atoms in total. The van der Waals surface area contributed by atoms with Crippen LogP contribution in [0.4, 0.5) is 0 Å². The fourth-order valence-electron chi connectivity index (χ4n) is 3.49. The molecule has 1 atom stereocenters. The highest BCUT2D eigenvalue weighted by atomic mass is 32.1. The molecule has 0 saturated heterocycles. The van der Waals surface area contributed by atoms with Gasteiger partial charge in [-0.2, -0.15) is 0 Å². The Morgan fingerprint density at radius 2 is 2.04 bits per heavy atom. The van der Waals surface area contributed by atoms with Crippen molar-refractivity contribution < 1.29 is 9.90 Å². The summed E-state index contributed by atoms with van der Waals surface area (Å²) in [5.74, 6) is -0.0403. The van der Waals surface area contributed by atoms with Crippen LogP contribution < -0.4 is 16.6 Å². The Balaban J connectivity index is 1.70. The van der Waals surface area contributed by atoms with E-state index >= 15 is 0 Å². The van der Waals surface area contributed by atoms with Crippen LogP contribution in [-0.4, -0.2) is 20.1 Å². The van der Waals surface area contributed by atoms with Crippen molar-refractivity contribution in [3.05, 3.63) is 61.1 Å². The summed E-state index contributed by atoms with van der Waals surface area (Å²) >= 11 is 1.13. The number of rotatable bonds is 2. The predicted octanol–water partition coefficient (Wildman–Crippen LogP) is 1.42. The lowest BCUT2D eigenvalue weighted by molar-refractivity contribution is 0.0941. The van der Waals surface area contributed by atoms with Crippen LogP contribution in [0, 0.1) is 0 Å². The van der Waals surface area contributed by atoms with Crippen molar-refractivity contribution >= 4 is 27.5 Å². The number of fused-ring (bicyclic) bond motifs is 2. The first-order valence-corrected chi connectivity index (χ1v) is 9.01. The van der Waals surface area contributed by atoms with E-state index in [-0.39, 0.29) is 17.7 Å². The number of aromatic hydroxyl groups is 1. The maximum atomic E-state index is 12.7. The number of hydrogen-bond donors (Lipinski definition) is 2. The summed E-state index contributed by atoms with van der Waals surface area (Å²) in [6.45, 7) is 0. The molecule has 0 bridgehead atoms. The SMILES string of the molecule is Cn1c(=O)c2cc(C(=O)NC3CCc4c(O)cccc43)sc2n(C)c1=O. The molecule has 134 valence electrons. The number of aromatic nitrogens is 2. The van der Waals surface area contributed by atoms with Crippen molar-refractivity contribution in [1.82, 2.24) is 14.5 Å². The monoisotopic (exact) mass is 371 g/mol. The van der Waals surface area contributed by atoms with E-state index in [4.69, 9.17) is 0 Å². The van der Waals surface area contributed by atoms with Gasteiger partial charge in [-0.3, -0.25) is 18.7 Å². The highest BCUT2D eigenvalue weighted by Crippen LogP contribution is 2.36. The van der Waals surface area contributed by atoms with Gasteiger partial charge in [0.2, 0.25) is 0 Å². The molecule has 0 spiro atoms. The van der Waals surface area contributed by atoms with E-state index in [1.165, 1.54) is 17.7 Å². The summed E-state index contributed by atoms with van der Waals surface area (Å²) in [5.41, 5.74) is 0.958. The molecule has 0 radical (unpaired) electrons. The van der Waals surface area contributed by atoms with Gasteiger partial charge in [-0.15, -0.1) is 11.3 Å². The number of benzene rings is 1. The number of nitrogens with zero attached hydrogens (tertiary/aromatic N) is 2. The van der Waals surface area contributed by atoms with Gasteiger partial charge in [0.05, 0.1) is 16.3 Å². The molecule has 1 amide bonds. The van der Waals surface area contributed by atoms with Crippen molar-refractivity contribution in [3.8, 4) is 5.75 Å². The number of hydrogen-bond acceptors (Lipinski definition) is 5. The highest BCUT2D eigenvalue weighted by Gasteiger charge is 2.27. The van der Waals surface area contributed by atoms with Gasteiger partial charge in [0, 0.05) is 14.1 Å². The smallest absolute Gasteiger partial charge is 0.331 e. The summed E-state index contributed by atoms with van der Waals surface area (Å²) in [4.78, 5) is 37.9. The van der Waals surface area contributed by atoms with Crippen molar-refractivity contribution in [3.63, 3.8) is 0 Å². The molecule has 1 aliphatic rings. The van der Waals surface area contributed by atoms with Crippen LogP contribution in [0.2, 0.25) is 0 Å². The Morgan fingerprint density at radius 1 is 1.27 bits per heavy atom. The number of aryl methyl sites for hydroxylation is 1. The minimum atomic E-state index is -0.420. The Morgan fingerprint density at radius 3 is 2.81 bits per heavy atom. The summed E-state index contributed by atoms with van der Waals surface area (Å²) in [6, 6.07) is 6.66. The molecule has 1 aliphatic carbocycles. The van der Waals surface area contributed by atoms with E-state index in [1.807, 2.05) is 6.07 Å². The van der Waals surface area contributed by atoms with Crippen LogP contribution >= 0.6 is 11.3 Å². The fourth-order valence-corrected chi connectivity index (χ4v) is 4.50. The van der Waals surface area contributed by atoms with E-state index in [0.29, 0.717) is 27.9 Å². The first-order valence-electron chi connectivity index (χ1n) is 8.19. The normalized spacial score (nSPS) is 16.0. The molecule has 2 N–H and O–H groups in total. The first kappa shape index (κ1) is 16.6. The van der Waals surface area contributed by atoms with Crippen LogP contribution in [0.1, 0.15) is 33.3 Å². The van der Waals surface area contributed by atoms with E-state index < -0.39 is 11.2 Å². The van der Waals surface area contributed by atoms with E-state index in [2.05, 4.69) is 5.32 Å². The second kappa shape index (κ2) is 5.84. The van der Waals surface area contributed by atoms with Crippen molar-refractivity contribution in [1.29, 1.82) is 0 Å². The molecule has 4 rings (SSSR count). The maximum absolute atomic E-state index is 12.7. The van der Waals surface area contributed by atoms with Gasteiger partial charge in [-0.1, -0.05) is 12.1 Å². The van der Waals surface area contributed by atoms with Crippen LogP contribution in [-0.2, 0) is 20.5 Å². The summed E-state index contributed by atoms with van der Waals surface area (Å²) in [6.07, 6.45) is 1.41. The Hall–Kier alpha value is -2.87. The lowest BCUT2D eigenvalue weighted by Crippen LogP contribution is -2.36. The molecule has 1 unspecified atom stereocenters. The van der Waals surface area contributed by atoms with Gasteiger partial charge in [0.25, 0.3) is 11.5 Å². The van der Waals surface area contributed by atoms with Crippen LogP contribution in [0.5, 0.6) is 5.75 Å². The van der Waals surface area contributed by atoms with Gasteiger partial charge in [-0.25, -0.2) is 4.79 Å². The molecule has 2 heterocycles. The molecule has 3 aromatic rings. The summed E-state index contributed by atoms with van der Waals surface area (Å²) in [7, 11) is 3.00. The number of carbonyl (C=O) groups is 1. The van der Waals surface area contributed by atoms with Gasteiger partial charge >= 0.3 is 5.69 Å². The molecule has 1 aromatic carbocycles. The molecule has 26 heavy (non-hydrogen) atoms. The number of amides is 1. The molecule has 0 fully saturated rings. The average Bonchev–Trinajstić information content (AvgIpc) is 3.24. The van der Waals surface area contributed by atoms with Gasteiger partial charge in [0.15, 0.2) is 0 Å². The van der Waals surface area contributed by atoms with Crippen molar-refractivity contribution in [2.75, 3.05) is 0 Å². The van der Waals surface area contributed by atoms with Crippen molar-refractivity contribution in [2.24, 2.45) is 14.1 Å². The minimum Gasteiger partial charge on any atom is -0.508 e. The summed E-state index contributed by atoms with van der Waals surface area (Å²) in [5, 5.41) is 13.3. The van der Waals surface area contributed by atoms with E-state index in [0.717, 1.165) is 27.0 Å². The summed E-state index contributed by atoms with van der Waals surface area (Å²) < 4.78 is 2.41. The quantitative estimate of drug-likeness (QED) is 0.713. The average molecular weight is 371 g/mol. The second-order valence-electron chi connectivity index (χ2n) is 6.44. The third-order valence-corrected chi connectivity index (χ3v) is 6.11. The van der Waals surface area contributed by atoms with Crippen molar-refractivity contribution in [2.45, 2.75) is 18.9 Å². The number of nitrogens with one attached hydrogen (secondary N) is 1. The zero-order valence-corrected chi connectivity index (χ0v) is 15.1. The Kier molecular flexibility index (Phi) is 3.73. The predicted molar refractivity (Wildman–Crippen MR) is 98.9 cm³/mol. The largest absolute Gasteiger partial charge is 0.508 e. The third kappa shape index (κ3) is 2.37. The molecule has 2 aromatic heterocycles. The Labute approximate surface area is 152 Å². The molecule has 8 heteroatoms. The lowest BCUT2D eigenvalue weighted by Gasteiger charge is -2.13. The van der Waals surface area contributed by atoms with E-state index in [9.17, 15) is 19.5 Å². The standard InChI is InChI=1S/C18H17N3O4S/c1-20-16(24)11-8-14(26-17(11)21(2)18(20)25)15(23)19-12-7-6-10-9(12)4-3-5-13(10)22/h3-5,8,12,22H,6-7H2,1-2H3,(H,19,23). The van der Waals surface area contributed by atoms with Gasteiger partial charge in [-0.05, 0) is 36.1 Å². The highest BCUT2D eigenvalue weighted by molar-refractivity contribution is 7.20. The number of carbonyl (C=O) groups excluding carboxylic acids is 1. The molecular weight excluding hydrogens is 354 g/mol. The number of phenolic OH excluding ortho intramolecular Hbond substituents is 1. The lowest BCUT2D eigenvalue weighted by atomic mass is 10.1. The van der Waals surface area contributed by atoms with Gasteiger partial charge < -0.3 is 10.4 Å².